The molecule has 0 spiro atoms. The van der Waals surface area contributed by atoms with E-state index in [1.54, 1.807) is 24.3 Å². The van der Waals surface area contributed by atoms with Gasteiger partial charge in [-0.25, -0.2) is 5.01 Å². The summed E-state index contributed by atoms with van der Waals surface area (Å²) in [7, 11) is 2.07. The summed E-state index contributed by atoms with van der Waals surface area (Å²) in [5.41, 5.74) is 9.75. The maximum Gasteiger partial charge on any atom is 0.265 e. The number of hydrogen-bond acceptors (Lipinski definition) is 4. The van der Waals surface area contributed by atoms with Crippen LogP contribution < -0.4 is 11.2 Å². The van der Waals surface area contributed by atoms with E-state index in [9.17, 15) is 4.79 Å². The number of rotatable bonds is 3. The predicted octanol–water partition coefficient (Wildman–Crippen LogP) is 0.213. The normalized spacial score (nSPS) is 17.1. The molecule has 0 unspecified atom stereocenters. The number of nitrogens with zero attached hydrogens (tertiary/aromatic N) is 2. The number of carbonyl (C=O) groups excluding carboxylic acids is 1. The van der Waals surface area contributed by atoms with Crippen LogP contribution in [0.2, 0.25) is 0 Å². The molecule has 1 aromatic rings. The lowest BCUT2D eigenvalue weighted by atomic mass is 10.1. The van der Waals surface area contributed by atoms with E-state index in [-0.39, 0.29) is 5.91 Å². The number of nitrogens with two attached hydrogens (primary N) is 1. The summed E-state index contributed by atoms with van der Waals surface area (Å²) in [5, 5.41) is 1.94. The molecule has 3 N–H and O–H groups in total. The third-order valence-electron chi connectivity index (χ3n) is 3.17. The Morgan fingerprint density at radius 2 is 1.89 bits per heavy atom. The van der Waals surface area contributed by atoms with Gasteiger partial charge in [0.25, 0.3) is 5.91 Å². The van der Waals surface area contributed by atoms with Crippen molar-refractivity contribution >= 4 is 23.1 Å². The molecule has 1 aromatic carbocycles. The number of likely N-dealkylation sites (N-methyl/N-ethyl adjacent to an activating group) is 1. The standard InChI is InChI=1S/C13H18N4OS/c1-16-5-7-17(8-6-16)15-13(18)11-4-2-3-10(9-11)12(14)19/h2-4,9H,5-8H2,1H3,(H2,14,19)(H,15,18). The van der Waals surface area contributed by atoms with Crippen LogP contribution in [-0.2, 0) is 0 Å². The van der Waals surface area contributed by atoms with Gasteiger partial charge in [0.1, 0.15) is 4.99 Å². The molecule has 0 radical (unpaired) electrons. The molecule has 1 fully saturated rings. The Kier molecular flexibility index (Phi) is 4.47. The van der Waals surface area contributed by atoms with Crippen LogP contribution in [0.15, 0.2) is 24.3 Å². The fourth-order valence-electron chi connectivity index (χ4n) is 1.94. The SMILES string of the molecule is CN1CCN(NC(=O)c2cccc(C(N)=S)c2)CC1. The maximum absolute atomic E-state index is 12.1. The molecule has 19 heavy (non-hydrogen) atoms. The van der Waals surface area contributed by atoms with Crippen molar-refractivity contribution in [2.45, 2.75) is 0 Å². The number of piperazine rings is 1. The minimum atomic E-state index is -0.123. The van der Waals surface area contributed by atoms with Crippen molar-refractivity contribution in [3.05, 3.63) is 35.4 Å². The monoisotopic (exact) mass is 278 g/mol. The van der Waals surface area contributed by atoms with E-state index in [1.165, 1.54) is 0 Å². The van der Waals surface area contributed by atoms with E-state index in [1.807, 2.05) is 5.01 Å². The van der Waals surface area contributed by atoms with Gasteiger partial charge in [-0.2, -0.15) is 0 Å². The maximum atomic E-state index is 12.1. The van der Waals surface area contributed by atoms with Crippen LogP contribution in [0.3, 0.4) is 0 Å². The van der Waals surface area contributed by atoms with Crippen molar-refractivity contribution in [2.24, 2.45) is 5.73 Å². The lowest BCUT2D eigenvalue weighted by molar-refractivity contribution is 0.0662. The molecule has 0 saturated carbocycles. The molecule has 0 atom stereocenters. The summed E-state index contributed by atoms with van der Waals surface area (Å²) >= 11 is 4.91. The zero-order valence-electron chi connectivity index (χ0n) is 10.9. The Hall–Kier alpha value is -1.50. The van der Waals surface area contributed by atoms with Gasteiger partial charge < -0.3 is 10.6 Å². The van der Waals surface area contributed by atoms with Gasteiger partial charge in [-0.15, -0.1) is 0 Å². The van der Waals surface area contributed by atoms with E-state index >= 15 is 0 Å². The van der Waals surface area contributed by atoms with Crippen LogP contribution >= 0.6 is 12.2 Å². The molecule has 102 valence electrons. The lowest BCUT2D eigenvalue weighted by Gasteiger charge is -2.32. The molecule has 0 bridgehead atoms. The van der Waals surface area contributed by atoms with Crippen LogP contribution in [0, 0.1) is 0 Å². The summed E-state index contributed by atoms with van der Waals surface area (Å²) in [6.45, 7) is 3.56. The van der Waals surface area contributed by atoms with E-state index in [4.69, 9.17) is 18.0 Å². The Bertz CT molecular complexity index is 483. The highest BCUT2D eigenvalue weighted by molar-refractivity contribution is 7.80. The second-order valence-corrected chi connectivity index (χ2v) is 5.12. The van der Waals surface area contributed by atoms with Gasteiger partial charge >= 0.3 is 0 Å². The first kappa shape index (κ1) is 13.9. The van der Waals surface area contributed by atoms with Crippen LogP contribution in [0.1, 0.15) is 15.9 Å². The number of benzene rings is 1. The number of hydrogen-bond donors (Lipinski definition) is 2. The summed E-state index contributed by atoms with van der Waals surface area (Å²) < 4.78 is 0. The summed E-state index contributed by atoms with van der Waals surface area (Å²) in [4.78, 5) is 14.7. The highest BCUT2D eigenvalue weighted by atomic mass is 32.1. The topological polar surface area (TPSA) is 61.6 Å². The molecule has 5 nitrogen and oxygen atoms in total. The Labute approximate surface area is 118 Å². The van der Waals surface area contributed by atoms with Gasteiger partial charge in [0, 0.05) is 37.3 Å². The lowest BCUT2D eigenvalue weighted by Crippen LogP contribution is -2.52. The molecule has 6 heteroatoms. The smallest absolute Gasteiger partial charge is 0.265 e. The molecule has 1 aliphatic rings. The fourth-order valence-corrected chi connectivity index (χ4v) is 2.07. The predicted molar refractivity (Wildman–Crippen MR) is 78.9 cm³/mol. The largest absolute Gasteiger partial charge is 0.389 e. The van der Waals surface area contributed by atoms with E-state index < -0.39 is 0 Å². The fraction of sp³-hybridized carbons (Fsp3) is 0.385. The number of nitrogens with one attached hydrogen (secondary N) is 1. The first-order chi connectivity index (χ1) is 9.06. The number of hydrazine groups is 1. The van der Waals surface area contributed by atoms with Gasteiger partial charge in [-0.3, -0.25) is 10.2 Å². The molecule has 1 heterocycles. The summed E-state index contributed by atoms with van der Waals surface area (Å²) in [6, 6.07) is 7.06. The van der Waals surface area contributed by atoms with Crippen LogP contribution in [-0.4, -0.2) is 54.0 Å². The van der Waals surface area contributed by atoms with Gasteiger partial charge in [0.05, 0.1) is 0 Å². The minimum absolute atomic E-state index is 0.123. The van der Waals surface area contributed by atoms with Crippen molar-refractivity contribution in [3.8, 4) is 0 Å². The van der Waals surface area contributed by atoms with Crippen LogP contribution in [0.5, 0.6) is 0 Å². The van der Waals surface area contributed by atoms with Gasteiger partial charge in [0.2, 0.25) is 0 Å². The van der Waals surface area contributed by atoms with E-state index in [2.05, 4.69) is 17.4 Å². The van der Waals surface area contributed by atoms with Gasteiger partial charge in [-0.1, -0.05) is 24.4 Å². The van der Waals surface area contributed by atoms with Crippen molar-refractivity contribution in [3.63, 3.8) is 0 Å². The van der Waals surface area contributed by atoms with E-state index in [0.29, 0.717) is 16.1 Å². The average molecular weight is 278 g/mol. The van der Waals surface area contributed by atoms with Crippen molar-refractivity contribution < 1.29 is 4.79 Å². The molecular formula is C13H18N4OS. The first-order valence-corrected chi connectivity index (χ1v) is 6.61. The van der Waals surface area contributed by atoms with Crippen molar-refractivity contribution in [1.82, 2.24) is 15.3 Å². The van der Waals surface area contributed by atoms with Crippen LogP contribution in [0.4, 0.5) is 0 Å². The number of amides is 1. The van der Waals surface area contributed by atoms with Crippen LogP contribution in [0.25, 0.3) is 0 Å². The molecule has 1 amide bonds. The molecule has 2 rings (SSSR count). The minimum Gasteiger partial charge on any atom is -0.389 e. The molecule has 0 aromatic heterocycles. The zero-order valence-corrected chi connectivity index (χ0v) is 11.7. The number of carbonyl (C=O) groups is 1. The second-order valence-electron chi connectivity index (χ2n) is 4.68. The Morgan fingerprint density at radius 3 is 2.53 bits per heavy atom. The quantitative estimate of drug-likeness (QED) is 0.774. The van der Waals surface area contributed by atoms with Crippen molar-refractivity contribution in [1.29, 1.82) is 0 Å². The average Bonchev–Trinajstić information content (AvgIpc) is 2.41. The Balaban J connectivity index is 2.00. The first-order valence-electron chi connectivity index (χ1n) is 6.20. The molecular weight excluding hydrogens is 260 g/mol. The number of thiocarbonyl (C=S) groups is 1. The third-order valence-corrected chi connectivity index (χ3v) is 3.41. The highest BCUT2D eigenvalue weighted by Crippen LogP contribution is 2.06. The molecule has 1 aliphatic heterocycles. The zero-order chi connectivity index (χ0) is 13.8. The molecule has 1 saturated heterocycles. The highest BCUT2D eigenvalue weighted by Gasteiger charge is 2.16. The molecule has 0 aliphatic carbocycles. The van der Waals surface area contributed by atoms with Crippen molar-refractivity contribution in [2.75, 3.05) is 33.2 Å². The Morgan fingerprint density at radius 1 is 1.26 bits per heavy atom. The van der Waals surface area contributed by atoms with E-state index in [0.717, 1.165) is 26.2 Å². The summed E-state index contributed by atoms with van der Waals surface area (Å²) in [5.74, 6) is -0.123. The summed E-state index contributed by atoms with van der Waals surface area (Å²) in [6.07, 6.45) is 0. The van der Waals surface area contributed by atoms with Gasteiger partial charge in [0.15, 0.2) is 0 Å². The third kappa shape index (κ3) is 3.73. The van der Waals surface area contributed by atoms with Gasteiger partial charge in [-0.05, 0) is 19.2 Å². The second kappa shape index (κ2) is 6.10.